The molecule has 0 fully saturated rings. The van der Waals surface area contributed by atoms with Crippen molar-refractivity contribution in [3.05, 3.63) is 46.7 Å². The first-order chi connectivity index (χ1) is 15.2. The summed E-state index contributed by atoms with van der Waals surface area (Å²) in [6.45, 7) is 7.30. The fourth-order valence-corrected chi connectivity index (χ4v) is 3.46. The standard InChI is InChI=1S/C24H30ClNO6/c1-6-7-19(32-20-9-8-14(2)12-17(20)25)16(4)31-24(29)15(3)13-18(27)22-23(28)21(30-5)10-11-26-22/h8-12,15-16,19,28H,6-7,13H2,1-5H3/t15-,16+,19-/m1/s1. The van der Waals surface area contributed by atoms with Gasteiger partial charge in [0.2, 0.25) is 0 Å². The van der Waals surface area contributed by atoms with Gasteiger partial charge in [-0.25, -0.2) is 4.98 Å². The fraction of sp³-hybridized carbons (Fsp3) is 0.458. The quantitative estimate of drug-likeness (QED) is 0.364. The van der Waals surface area contributed by atoms with Gasteiger partial charge in [0.25, 0.3) is 0 Å². The molecule has 0 bridgehead atoms. The van der Waals surface area contributed by atoms with Crippen molar-refractivity contribution in [3.63, 3.8) is 0 Å². The van der Waals surface area contributed by atoms with E-state index in [4.69, 9.17) is 25.8 Å². The van der Waals surface area contributed by atoms with Crippen LogP contribution in [0.1, 0.15) is 56.1 Å². The van der Waals surface area contributed by atoms with Crippen LogP contribution in [0.5, 0.6) is 17.2 Å². The molecule has 3 atom stereocenters. The van der Waals surface area contributed by atoms with Crippen LogP contribution in [0.2, 0.25) is 5.02 Å². The van der Waals surface area contributed by atoms with Crippen LogP contribution in [-0.2, 0) is 9.53 Å². The Hall–Kier alpha value is -2.80. The molecule has 1 N–H and O–H groups in total. The first-order valence-corrected chi connectivity index (χ1v) is 10.9. The van der Waals surface area contributed by atoms with Crippen LogP contribution in [0.4, 0.5) is 0 Å². The number of aryl methyl sites for hydroxylation is 1. The second-order valence-corrected chi connectivity index (χ2v) is 8.17. The fourth-order valence-electron chi connectivity index (χ4n) is 3.18. The SMILES string of the molecule is CCC[C@@H](Oc1ccc(C)cc1Cl)[C@H](C)OC(=O)[C@H](C)CC(=O)c1nccc(OC)c1O. The minimum Gasteiger partial charge on any atom is -0.503 e. The van der Waals surface area contributed by atoms with Crippen LogP contribution in [0.15, 0.2) is 30.5 Å². The number of aromatic hydroxyl groups is 1. The number of carbonyl (C=O) groups is 2. The number of ketones is 1. The summed E-state index contributed by atoms with van der Waals surface area (Å²) in [5.41, 5.74) is 0.877. The van der Waals surface area contributed by atoms with E-state index >= 15 is 0 Å². The third-order valence-electron chi connectivity index (χ3n) is 5.03. The van der Waals surface area contributed by atoms with Gasteiger partial charge in [-0.1, -0.05) is 37.9 Å². The van der Waals surface area contributed by atoms with E-state index in [-0.39, 0.29) is 23.6 Å². The molecule has 0 aliphatic heterocycles. The number of hydrogen-bond donors (Lipinski definition) is 1. The summed E-state index contributed by atoms with van der Waals surface area (Å²) >= 11 is 6.28. The molecular formula is C24H30ClNO6. The van der Waals surface area contributed by atoms with E-state index in [9.17, 15) is 14.7 Å². The molecule has 0 spiro atoms. The first kappa shape index (κ1) is 25.5. The smallest absolute Gasteiger partial charge is 0.309 e. The van der Waals surface area contributed by atoms with Gasteiger partial charge in [-0.3, -0.25) is 9.59 Å². The van der Waals surface area contributed by atoms with Gasteiger partial charge in [-0.15, -0.1) is 0 Å². The lowest BCUT2D eigenvalue weighted by Gasteiger charge is -2.26. The number of ether oxygens (including phenoxy) is 3. The molecule has 8 heteroatoms. The van der Waals surface area contributed by atoms with E-state index in [1.807, 2.05) is 26.0 Å². The van der Waals surface area contributed by atoms with Crippen LogP contribution in [0.3, 0.4) is 0 Å². The van der Waals surface area contributed by atoms with Crippen molar-refractivity contribution in [2.75, 3.05) is 7.11 Å². The van der Waals surface area contributed by atoms with Gasteiger partial charge in [0, 0.05) is 18.7 Å². The molecule has 7 nitrogen and oxygen atoms in total. The lowest BCUT2D eigenvalue weighted by atomic mass is 10.0. The zero-order valence-corrected chi connectivity index (χ0v) is 19.8. The summed E-state index contributed by atoms with van der Waals surface area (Å²) in [7, 11) is 1.38. The largest absolute Gasteiger partial charge is 0.503 e. The summed E-state index contributed by atoms with van der Waals surface area (Å²) in [5.74, 6) is -1.43. The molecule has 0 aliphatic rings. The van der Waals surface area contributed by atoms with E-state index in [2.05, 4.69) is 4.98 Å². The number of aromatic nitrogens is 1. The van der Waals surface area contributed by atoms with Crippen molar-refractivity contribution >= 4 is 23.4 Å². The number of hydrogen-bond acceptors (Lipinski definition) is 7. The molecule has 32 heavy (non-hydrogen) atoms. The Kier molecular flexibility index (Phi) is 9.32. The summed E-state index contributed by atoms with van der Waals surface area (Å²) in [5, 5.41) is 10.6. The molecule has 0 saturated heterocycles. The molecule has 0 radical (unpaired) electrons. The van der Waals surface area contributed by atoms with Crippen LogP contribution in [0, 0.1) is 12.8 Å². The molecule has 1 heterocycles. The van der Waals surface area contributed by atoms with Gasteiger partial charge in [-0.2, -0.15) is 0 Å². The second-order valence-electron chi connectivity index (χ2n) is 7.76. The van der Waals surface area contributed by atoms with Gasteiger partial charge >= 0.3 is 5.97 Å². The number of carbonyl (C=O) groups excluding carboxylic acids is 2. The Bertz CT molecular complexity index is 948. The highest BCUT2D eigenvalue weighted by Gasteiger charge is 2.28. The maximum absolute atomic E-state index is 12.6. The predicted molar refractivity (Wildman–Crippen MR) is 122 cm³/mol. The summed E-state index contributed by atoms with van der Waals surface area (Å²) in [4.78, 5) is 29.1. The van der Waals surface area contributed by atoms with Gasteiger partial charge in [-0.05, 0) is 38.0 Å². The van der Waals surface area contributed by atoms with Crippen LogP contribution < -0.4 is 9.47 Å². The average Bonchev–Trinajstić information content (AvgIpc) is 2.74. The number of pyridine rings is 1. The molecule has 1 aromatic heterocycles. The van der Waals surface area contributed by atoms with Crippen molar-refractivity contribution < 1.29 is 28.9 Å². The second kappa shape index (κ2) is 11.7. The number of benzene rings is 1. The number of esters is 1. The third-order valence-corrected chi connectivity index (χ3v) is 5.33. The molecule has 0 amide bonds. The highest BCUT2D eigenvalue weighted by molar-refractivity contribution is 6.32. The summed E-state index contributed by atoms with van der Waals surface area (Å²) < 4.78 is 16.6. The highest BCUT2D eigenvalue weighted by atomic mass is 35.5. The summed E-state index contributed by atoms with van der Waals surface area (Å²) in [6.07, 6.45) is 1.73. The predicted octanol–water partition coefficient (Wildman–Crippen LogP) is 5.15. The average molecular weight is 464 g/mol. The number of Topliss-reactive ketones (excluding diaryl/α,β-unsaturated/α-hetero) is 1. The van der Waals surface area contributed by atoms with Crippen LogP contribution >= 0.6 is 11.6 Å². The number of nitrogens with zero attached hydrogens (tertiary/aromatic N) is 1. The Morgan fingerprint density at radius 3 is 2.53 bits per heavy atom. The van der Waals surface area contributed by atoms with E-state index in [0.717, 1.165) is 12.0 Å². The number of rotatable bonds is 11. The lowest BCUT2D eigenvalue weighted by molar-refractivity contribution is -0.157. The van der Waals surface area contributed by atoms with Gasteiger partial charge in [0.1, 0.15) is 18.0 Å². The monoisotopic (exact) mass is 463 g/mol. The zero-order chi connectivity index (χ0) is 23.8. The summed E-state index contributed by atoms with van der Waals surface area (Å²) in [6, 6.07) is 6.95. The van der Waals surface area contributed by atoms with Gasteiger partial charge in [0.15, 0.2) is 23.0 Å². The maximum Gasteiger partial charge on any atom is 0.309 e. The van der Waals surface area contributed by atoms with Crippen LogP contribution in [0.25, 0.3) is 0 Å². The Balaban J connectivity index is 2.02. The van der Waals surface area contributed by atoms with Gasteiger partial charge < -0.3 is 19.3 Å². The molecule has 1 aromatic carbocycles. The third kappa shape index (κ3) is 6.60. The van der Waals surface area contributed by atoms with E-state index in [0.29, 0.717) is 17.2 Å². The van der Waals surface area contributed by atoms with Crippen molar-refractivity contribution in [1.82, 2.24) is 4.98 Å². The number of methoxy groups -OCH3 is 1. The molecule has 0 unspecified atom stereocenters. The minimum absolute atomic E-state index is 0.140. The molecule has 174 valence electrons. The molecule has 0 aliphatic carbocycles. The van der Waals surface area contributed by atoms with Crippen molar-refractivity contribution in [2.45, 2.75) is 59.2 Å². The lowest BCUT2D eigenvalue weighted by Crippen LogP contribution is -2.35. The molecule has 2 aromatic rings. The van der Waals surface area contributed by atoms with Crippen molar-refractivity contribution in [3.8, 4) is 17.2 Å². The molecular weight excluding hydrogens is 434 g/mol. The molecule has 2 rings (SSSR count). The first-order valence-electron chi connectivity index (χ1n) is 10.6. The Morgan fingerprint density at radius 1 is 1.19 bits per heavy atom. The van der Waals surface area contributed by atoms with Crippen molar-refractivity contribution in [1.29, 1.82) is 0 Å². The van der Waals surface area contributed by atoms with Crippen molar-refractivity contribution in [2.24, 2.45) is 5.92 Å². The highest BCUT2D eigenvalue weighted by Crippen LogP contribution is 2.30. The van der Waals surface area contributed by atoms with Crippen LogP contribution in [-0.4, -0.2) is 41.2 Å². The minimum atomic E-state index is -0.734. The van der Waals surface area contributed by atoms with E-state index < -0.39 is 29.9 Å². The Labute approximate surface area is 193 Å². The topological polar surface area (TPSA) is 95.0 Å². The molecule has 0 saturated carbocycles. The van der Waals surface area contributed by atoms with E-state index in [1.165, 1.54) is 19.4 Å². The maximum atomic E-state index is 12.6. The number of halogens is 1. The normalized spacial score (nSPS) is 13.7. The van der Waals surface area contributed by atoms with E-state index in [1.54, 1.807) is 19.9 Å². The Morgan fingerprint density at radius 2 is 1.91 bits per heavy atom. The zero-order valence-electron chi connectivity index (χ0n) is 19.1. The van der Waals surface area contributed by atoms with Gasteiger partial charge in [0.05, 0.1) is 18.1 Å².